The topological polar surface area (TPSA) is 143 Å². The summed E-state index contributed by atoms with van der Waals surface area (Å²) < 4.78 is 0. The number of carboxylic acids is 1. The van der Waals surface area contributed by atoms with Crippen molar-refractivity contribution in [1.29, 1.82) is 0 Å². The predicted octanol–water partition coefficient (Wildman–Crippen LogP) is 2.05. The summed E-state index contributed by atoms with van der Waals surface area (Å²) in [5.41, 5.74) is 11.8. The summed E-state index contributed by atoms with van der Waals surface area (Å²) in [6, 6.07) is 16.7. The van der Waals surface area contributed by atoms with Crippen LogP contribution in [0, 0.1) is 0 Å². The van der Waals surface area contributed by atoms with Crippen molar-refractivity contribution in [2.24, 2.45) is 5.10 Å². The molecule has 0 saturated carbocycles. The lowest BCUT2D eigenvalue weighted by molar-refractivity contribution is -0.135. The van der Waals surface area contributed by atoms with Gasteiger partial charge in [0, 0.05) is 17.7 Å². The number of carbonyl (C=O) groups is 2. The summed E-state index contributed by atoms with van der Waals surface area (Å²) in [5, 5.41) is 15.6. The average molecular weight is 418 g/mol. The highest BCUT2D eigenvalue weighted by Crippen LogP contribution is 2.20. The van der Waals surface area contributed by atoms with Crippen molar-refractivity contribution in [3.8, 4) is 11.3 Å². The Balaban J connectivity index is 1.78. The van der Waals surface area contributed by atoms with E-state index in [-0.39, 0.29) is 18.3 Å². The number of nitrogens with zero attached hydrogens (tertiary/aromatic N) is 3. The lowest BCUT2D eigenvalue weighted by Crippen LogP contribution is -2.22. The minimum absolute atomic E-state index is 0.166. The standard InChI is InChI=1S/C22H22N6O3/c1-14(28-26-13-19(29)30)20-21(23)24-12-18(27-20)16-8-5-9-17(10-16)22(31)25-11-15-6-3-2-4-7-15/h2-10,12,26H,11,13H2,1H3,(H2,23,24)(H,25,31)(H,29,30)/b28-14+. The molecule has 0 fully saturated rings. The van der Waals surface area contributed by atoms with Crippen LogP contribution in [0.2, 0.25) is 0 Å². The molecule has 1 amide bonds. The van der Waals surface area contributed by atoms with Crippen LogP contribution >= 0.6 is 0 Å². The molecule has 0 aliphatic carbocycles. The Morgan fingerprint density at radius 2 is 1.90 bits per heavy atom. The fraction of sp³-hybridized carbons (Fsp3) is 0.136. The van der Waals surface area contributed by atoms with Gasteiger partial charge in [0.1, 0.15) is 12.2 Å². The van der Waals surface area contributed by atoms with Crippen LogP contribution in [0.15, 0.2) is 65.9 Å². The van der Waals surface area contributed by atoms with Gasteiger partial charge in [0.05, 0.1) is 17.6 Å². The van der Waals surface area contributed by atoms with Crippen molar-refractivity contribution in [3.05, 3.63) is 77.6 Å². The van der Waals surface area contributed by atoms with Crippen molar-refractivity contribution in [2.45, 2.75) is 13.5 Å². The van der Waals surface area contributed by atoms with Gasteiger partial charge in [-0.1, -0.05) is 42.5 Å². The Hall–Kier alpha value is -4.27. The van der Waals surface area contributed by atoms with Crippen LogP contribution in [-0.4, -0.2) is 39.2 Å². The number of amides is 1. The van der Waals surface area contributed by atoms with Gasteiger partial charge in [-0.3, -0.25) is 15.0 Å². The minimum atomic E-state index is -1.04. The number of aliphatic carboxylic acids is 1. The molecule has 3 rings (SSSR count). The van der Waals surface area contributed by atoms with Gasteiger partial charge in [-0.2, -0.15) is 5.10 Å². The van der Waals surface area contributed by atoms with Crippen molar-refractivity contribution < 1.29 is 14.7 Å². The van der Waals surface area contributed by atoms with E-state index in [1.54, 1.807) is 25.1 Å². The monoisotopic (exact) mass is 418 g/mol. The predicted molar refractivity (Wildman–Crippen MR) is 117 cm³/mol. The average Bonchev–Trinajstić information content (AvgIpc) is 2.78. The van der Waals surface area contributed by atoms with E-state index in [9.17, 15) is 9.59 Å². The first kappa shape index (κ1) is 21.4. The molecule has 158 valence electrons. The van der Waals surface area contributed by atoms with E-state index in [4.69, 9.17) is 10.8 Å². The van der Waals surface area contributed by atoms with Crippen LogP contribution in [0.3, 0.4) is 0 Å². The zero-order valence-corrected chi connectivity index (χ0v) is 16.9. The number of carbonyl (C=O) groups excluding carboxylic acids is 1. The van der Waals surface area contributed by atoms with E-state index >= 15 is 0 Å². The summed E-state index contributed by atoms with van der Waals surface area (Å²) >= 11 is 0. The summed E-state index contributed by atoms with van der Waals surface area (Å²) in [6.45, 7) is 1.74. The summed E-state index contributed by atoms with van der Waals surface area (Å²) in [4.78, 5) is 31.8. The maximum atomic E-state index is 12.6. The third-order valence-electron chi connectivity index (χ3n) is 4.34. The lowest BCUT2D eigenvalue weighted by atomic mass is 10.1. The minimum Gasteiger partial charge on any atom is -0.480 e. The van der Waals surface area contributed by atoms with Crippen LogP contribution in [0.4, 0.5) is 5.82 Å². The summed E-state index contributed by atoms with van der Waals surface area (Å²) in [6.07, 6.45) is 1.51. The van der Waals surface area contributed by atoms with Crippen molar-refractivity contribution in [1.82, 2.24) is 20.7 Å². The molecule has 0 saturated heterocycles. The first-order chi connectivity index (χ1) is 14.9. The molecule has 0 aliphatic heterocycles. The van der Waals surface area contributed by atoms with Crippen LogP contribution < -0.4 is 16.5 Å². The Morgan fingerprint density at radius 1 is 1.13 bits per heavy atom. The molecule has 5 N–H and O–H groups in total. The second-order valence-corrected chi connectivity index (χ2v) is 6.66. The van der Waals surface area contributed by atoms with Crippen LogP contribution in [-0.2, 0) is 11.3 Å². The fourth-order valence-corrected chi connectivity index (χ4v) is 2.78. The van der Waals surface area contributed by atoms with Gasteiger partial charge >= 0.3 is 5.97 Å². The van der Waals surface area contributed by atoms with Gasteiger partial charge in [0.2, 0.25) is 0 Å². The number of aromatic nitrogens is 2. The molecular weight excluding hydrogens is 396 g/mol. The number of rotatable bonds is 8. The molecule has 9 nitrogen and oxygen atoms in total. The molecule has 9 heteroatoms. The fourth-order valence-electron chi connectivity index (χ4n) is 2.78. The maximum Gasteiger partial charge on any atom is 0.324 e. The normalized spacial score (nSPS) is 11.1. The number of nitrogens with two attached hydrogens (primary N) is 1. The highest BCUT2D eigenvalue weighted by molar-refractivity contribution is 6.01. The Labute approximate surface area is 179 Å². The van der Waals surface area contributed by atoms with Gasteiger partial charge in [0.15, 0.2) is 5.82 Å². The largest absolute Gasteiger partial charge is 0.480 e. The van der Waals surface area contributed by atoms with Gasteiger partial charge < -0.3 is 16.2 Å². The lowest BCUT2D eigenvalue weighted by Gasteiger charge is -2.09. The van der Waals surface area contributed by atoms with E-state index < -0.39 is 5.97 Å². The third kappa shape index (κ3) is 5.86. The second kappa shape index (κ2) is 9.97. The number of carboxylic acid groups (broad SMARTS) is 1. The molecular formula is C22H22N6O3. The quantitative estimate of drug-likeness (QED) is 0.324. The number of hydrogen-bond donors (Lipinski definition) is 4. The molecule has 0 unspecified atom stereocenters. The van der Waals surface area contributed by atoms with Gasteiger partial charge in [-0.05, 0) is 24.6 Å². The Morgan fingerprint density at radius 3 is 2.65 bits per heavy atom. The second-order valence-electron chi connectivity index (χ2n) is 6.66. The summed E-state index contributed by atoms with van der Waals surface area (Å²) in [5.74, 6) is -1.07. The molecule has 1 heterocycles. The highest BCUT2D eigenvalue weighted by atomic mass is 16.4. The van der Waals surface area contributed by atoms with Gasteiger partial charge in [0.25, 0.3) is 5.91 Å². The SMILES string of the molecule is C/C(=N\NCC(=O)O)c1nc(-c2cccc(C(=O)NCc3ccccc3)c2)cnc1N. The molecule has 3 aromatic rings. The van der Waals surface area contributed by atoms with Crippen molar-refractivity contribution >= 4 is 23.4 Å². The zero-order valence-electron chi connectivity index (χ0n) is 16.9. The smallest absolute Gasteiger partial charge is 0.324 e. The van der Waals surface area contributed by atoms with Crippen molar-refractivity contribution in [3.63, 3.8) is 0 Å². The molecule has 0 spiro atoms. The van der Waals surface area contributed by atoms with Crippen LogP contribution in [0.25, 0.3) is 11.3 Å². The zero-order chi connectivity index (χ0) is 22.2. The number of anilines is 1. The molecule has 0 atom stereocenters. The molecule has 31 heavy (non-hydrogen) atoms. The first-order valence-electron chi connectivity index (χ1n) is 9.48. The van der Waals surface area contributed by atoms with E-state index in [2.05, 4.69) is 25.8 Å². The first-order valence-corrected chi connectivity index (χ1v) is 9.48. The van der Waals surface area contributed by atoms with E-state index in [1.165, 1.54) is 6.20 Å². The molecule has 0 aliphatic rings. The Kier molecular flexibility index (Phi) is 6.89. The number of hydrazone groups is 1. The highest BCUT2D eigenvalue weighted by Gasteiger charge is 2.12. The van der Waals surface area contributed by atoms with E-state index in [0.717, 1.165) is 5.56 Å². The Bertz CT molecular complexity index is 1120. The number of hydrogen-bond acceptors (Lipinski definition) is 7. The molecule has 0 bridgehead atoms. The number of nitrogen functional groups attached to an aromatic ring is 1. The maximum absolute atomic E-state index is 12.6. The molecule has 1 aromatic heterocycles. The van der Waals surface area contributed by atoms with Gasteiger partial charge in [-0.25, -0.2) is 9.97 Å². The number of nitrogens with one attached hydrogen (secondary N) is 2. The van der Waals surface area contributed by atoms with Crippen LogP contribution in [0.1, 0.15) is 28.5 Å². The number of benzene rings is 2. The molecule has 2 aromatic carbocycles. The summed E-state index contributed by atoms with van der Waals surface area (Å²) in [7, 11) is 0. The van der Waals surface area contributed by atoms with E-state index in [0.29, 0.717) is 34.8 Å². The van der Waals surface area contributed by atoms with E-state index in [1.807, 2.05) is 36.4 Å². The molecule has 0 radical (unpaired) electrons. The third-order valence-corrected chi connectivity index (χ3v) is 4.34. The van der Waals surface area contributed by atoms with Crippen molar-refractivity contribution in [2.75, 3.05) is 12.3 Å². The van der Waals surface area contributed by atoms with Crippen LogP contribution in [0.5, 0.6) is 0 Å². The van der Waals surface area contributed by atoms with Gasteiger partial charge in [-0.15, -0.1) is 0 Å².